The molecule has 0 atom stereocenters. The quantitative estimate of drug-likeness (QED) is 0.631. The predicted molar refractivity (Wildman–Crippen MR) is 73.2 cm³/mol. The Hall–Kier alpha value is -0.710. The van der Waals surface area contributed by atoms with Crippen LogP contribution < -0.4 is 4.72 Å². The molecule has 0 bridgehead atoms. The van der Waals surface area contributed by atoms with Crippen molar-refractivity contribution in [3.63, 3.8) is 0 Å². The SMILES string of the molecule is CCCS(=O)(=O)N1CCC(NS(=O)(=O)CC(=O)O)CC1. The van der Waals surface area contributed by atoms with Gasteiger partial charge in [0.05, 0.1) is 5.75 Å². The number of aliphatic carboxylic acids is 1. The van der Waals surface area contributed by atoms with Crippen LogP contribution in [0.3, 0.4) is 0 Å². The first-order chi connectivity index (χ1) is 9.16. The van der Waals surface area contributed by atoms with Crippen LogP contribution in [0.25, 0.3) is 0 Å². The number of sulfonamides is 2. The van der Waals surface area contributed by atoms with Gasteiger partial charge >= 0.3 is 5.97 Å². The molecule has 0 aromatic heterocycles. The molecular weight excluding hydrogens is 308 g/mol. The molecule has 0 radical (unpaired) electrons. The molecule has 1 heterocycles. The second kappa shape index (κ2) is 6.83. The highest BCUT2D eigenvalue weighted by atomic mass is 32.2. The number of rotatable bonds is 7. The van der Waals surface area contributed by atoms with Gasteiger partial charge in [0.25, 0.3) is 0 Å². The van der Waals surface area contributed by atoms with Crippen LogP contribution in [-0.4, -0.2) is 62.9 Å². The van der Waals surface area contributed by atoms with Crippen LogP contribution in [0.5, 0.6) is 0 Å². The summed E-state index contributed by atoms with van der Waals surface area (Å²) in [5.41, 5.74) is 0. The molecule has 0 aromatic rings. The Morgan fingerprint density at radius 2 is 1.80 bits per heavy atom. The van der Waals surface area contributed by atoms with Crippen molar-refractivity contribution in [2.24, 2.45) is 0 Å². The monoisotopic (exact) mass is 328 g/mol. The van der Waals surface area contributed by atoms with Crippen molar-refractivity contribution in [3.05, 3.63) is 0 Å². The fourth-order valence-electron chi connectivity index (χ4n) is 2.10. The van der Waals surface area contributed by atoms with Gasteiger partial charge in [0.1, 0.15) is 0 Å². The maximum Gasteiger partial charge on any atom is 0.320 e. The lowest BCUT2D eigenvalue weighted by Crippen LogP contribution is -2.47. The Morgan fingerprint density at radius 1 is 1.25 bits per heavy atom. The van der Waals surface area contributed by atoms with E-state index in [0.717, 1.165) is 0 Å². The molecule has 1 saturated heterocycles. The average Bonchev–Trinajstić information content (AvgIpc) is 2.26. The van der Waals surface area contributed by atoms with E-state index in [1.165, 1.54) is 4.31 Å². The third-order valence-corrected chi connectivity index (χ3v) is 6.36. The van der Waals surface area contributed by atoms with Gasteiger partial charge in [-0.25, -0.2) is 25.9 Å². The van der Waals surface area contributed by atoms with E-state index in [1.807, 2.05) is 0 Å². The topological polar surface area (TPSA) is 121 Å². The van der Waals surface area contributed by atoms with E-state index in [0.29, 0.717) is 19.3 Å². The normalized spacial score (nSPS) is 19.1. The van der Waals surface area contributed by atoms with Gasteiger partial charge in [0.2, 0.25) is 20.0 Å². The highest BCUT2D eigenvalue weighted by molar-refractivity contribution is 7.90. The zero-order chi connectivity index (χ0) is 15.4. The van der Waals surface area contributed by atoms with E-state index in [2.05, 4.69) is 4.72 Å². The first-order valence-electron chi connectivity index (χ1n) is 6.36. The summed E-state index contributed by atoms with van der Waals surface area (Å²) in [4.78, 5) is 10.4. The van der Waals surface area contributed by atoms with E-state index in [9.17, 15) is 21.6 Å². The first-order valence-corrected chi connectivity index (χ1v) is 9.62. The summed E-state index contributed by atoms with van der Waals surface area (Å²) in [7, 11) is -7.12. The van der Waals surface area contributed by atoms with E-state index in [1.54, 1.807) is 6.92 Å². The summed E-state index contributed by atoms with van der Waals surface area (Å²) < 4.78 is 50.3. The molecule has 0 aromatic carbocycles. The van der Waals surface area contributed by atoms with Gasteiger partial charge in [0, 0.05) is 19.1 Å². The fourth-order valence-corrected chi connectivity index (χ4v) is 4.79. The highest BCUT2D eigenvalue weighted by Gasteiger charge is 2.29. The van der Waals surface area contributed by atoms with E-state index in [4.69, 9.17) is 5.11 Å². The van der Waals surface area contributed by atoms with Gasteiger partial charge in [0.15, 0.2) is 5.75 Å². The lowest BCUT2D eigenvalue weighted by molar-refractivity contribution is -0.134. The van der Waals surface area contributed by atoms with Crippen molar-refractivity contribution >= 4 is 26.0 Å². The van der Waals surface area contributed by atoms with Crippen molar-refractivity contribution in [3.8, 4) is 0 Å². The third-order valence-electron chi connectivity index (χ3n) is 2.97. The number of carbonyl (C=O) groups is 1. The first kappa shape index (κ1) is 17.3. The molecule has 118 valence electrons. The van der Waals surface area contributed by atoms with Crippen molar-refractivity contribution in [1.82, 2.24) is 9.03 Å². The molecule has 1 fully saturated rings. The minimum Gasteiger partial charge on any atom is -0.480 e. The van der Waals surface area contributed by atoms with E-state index >= 15 is 0 Å². The molecule has 0 spiro atoms. The number of hydrogen-bond acceptors (Lipinski definition) is 5. The van der Waals surface area contributed by atoms with Crippen molar-refractivity contribution in [2.75, 3.05) is 24.6 Å². The summed E-state index contributed by atoms with van der Waals surface area (Å²) in [5.74, 6) is -2.30. The Kier molecular flexibility index (Phi) is 5.92. The Morgan fingerprint density at radius 3 is 2.25 bits per heavy atom. The average molecular weight is 328 g/mol. The van der Waals surface area contributed by atoms with Crippen molar-refractivity contribution in [2.45, 2.75) is 32.2 Å². The maximum absolute atomic E-state index is 11.8. The van der Waals surface area contributed by atoms with Crippen LogP contribution in [0.4, 0.5) is 0 Å². The number of piperidine rings is 1. The van der Waals surface area contributed by atoms with Crippen LogP contribution >= 0.6 is 0 Å². The minimum atomic E-state index is -3.86. The van der Waals surface area contributed by atoms with Crippen molar-refractivity contribution < 1.29 is 26.7 Å². The molecule has 0 unspecified atom stereocenters. The number of nitrogens with zero attached hydrogens (tertiary/aromatic N) is 1. The lowest BCUT2D eigenvalue weighted by atomic mass is 10.1. The van der Waals surface area contributed by atoms with Gasteiger partial charge in [-0.3, -0.25) is 4.79 Å². The smallest absolute Gasteiger partial charge is 0.320 e. The predicted octanol–water partition coefficient (Wildman–Crippen LogP) is -0.805. The van der Waals surface area contributed by atoms with Crippen LogP contribution in [-0.2, 0) is 24.8 Å². The van der Waals surface area contributed by atoms with Gasteiger partial charge in [-0.05, 0) is 19.3 Å². The van der Waals surface area contributed by atoms with Gasteiger partial charge in [-0.1, -0.05) is 6.92 Å². The molecule has 0 aliphatic carbocycles. The zero-order valence-electron chi connectivity index (χ0n) is 11.3. The molecular formula is C10H20N2O6S2. The van der Waals surface area contributed by atoms with Crippen LogP contribution in [0, 0.1) is 0 Å². The fraction of sp³-hybridized carbons (Fsp3) is 0.900. The van der Waals surface area contributed by atoms with Crippen molar-refractivity contribution in [1.29, 1.82) is 0 Å². The molecule has 1 aliphatic rings. The molecule has 1 rings (SSSR count). The summed E-state index contributed by atoms with van der Waals surface area (Å²) in [6, 6.07) is -0.410. The number of carboxylic acid groups (broad SMARTS) is 1. The Balaban J connectivity index is 2.53. The summed E-state index contributed by atoms with van der Waals surface area (Å²) in [6.07, 6.45) is 1.23. The standard InChI is InChI=1S/C10H20N2O6S2/c1-2-7-20(17,18)12-5-3-9(4-6-12)11-19(15,16)8-10(13)14/h9,11H,2-8H2,1H3,(H,13,14). The van der Waals surface area contributed by atoms with E-state index < -0.39 is 37.8 Å². The summed E-state index contributed by atoms with van der Waals surface area (Å²) >= 11 is 0. The lowest BCUT2D eigenvalue weighted by Gasteiger charge is -2.31. The van der Waals surface area contributed by atoms with Crippen LogP contribution in [0.15, 0.2) is 0 Å². The third kappa shape index (κ3) is 5.35. The zero-order valence-corrected chi connectivity index (χ0v) is 12.9. The van der Waals surface area contributed by atoms with Gasteiger partial charge in [-0.2, -0.15) is 0 Å². The van der Waals surface area contributed by atoms with Crippen LogP contribution in [0.1, 0.15) is 26.2 Å². The highest BCUT2D eigenvalue weighted by Crippen LogP contribution is 2.15. The van der Waals surface area contributed by atoms with Crippen LogP contribution in [0.2, 0.25) is 0 Å². The molecule has 1 aliphatic heterocycles. The summed E-state index contributed by atoms with van der Waals surface area (Å²) in [6.45, 7) is 2.29. The number of carboxylic acids is 1. The Labute approximate surface area is 119 Å². The molecule has 0 saturated carbocycles. The second-order valence-electron chi connectivity index (χ2n) is 4.76. The maximum atomic E-state index is 11.8. The molecule has 2 N–H and O–H groups in total. The van der Waals surface area contributed by atoms with Gasteiger partial charge < -0.3 is 5.11 Å². The Bertz CT molecular complexity index is 534. The molecule has 10 heteroatoms. The number of nitrogens with one attached hydrogen (secondary N) is 1. The largest absolute Gasteiger partial charge is 0.480 e. The second-order valence-corrected chi connectivity index (χ2v) is 8.60. The number of hydrogen-bond donors (Lipinski definition) is 2. The van der Waals surface area contributed by atoms with Gasteiger partial charge in [-0.15, -0.1) is 0 Å². The minimum absolute atomic E-state index is 0.0857. The molecule has 20 heavy (non-hydrogen) atoms. The summed E-state index contributed by atoms with van der Waals surface area (Å²) in [5, 5.41) is 8.48. The molecule has 0 amide bonds. The molecule has 8 nitrogen and oxygen atoms in total. The van der Waals surface area contributed by atoms with E-state index in [-0.39, 0.29) is 18.8 Å².